The van der Waals surface area contributed by atoms with Gasteiger partial charge in [-0.1, -0.05) is 42.5 Å². The van der Waals surface area contributed by atoms with Gasteiger partial charge in [-0.25, -0.2) is 9.18 Å². The van der Waals surface area contributed by atoms with Gasteiger partial charge in [0.25, 0.3) is 0 Å². The lowest BCUT2D eigenvalue weighted by Crippen LogP contribution is -2.46. The molecule has 0 bridgehead atoms. The van der Waals surface area contributed by atoms with Gasteiger partial charge in [0.15, 0.2) is 0 Å². The molecule has 2 aliphatic carbocycles. The fourth-order valence-electron chi connectivity index (χ4n) is 6.17. The first-order chi connectivity index (χ1) is 14.1. The molecule has 6 rings (SSSR count). The summed E-state index contributed by atoms with van der Waals surface area (Å²) in [6.45, 7) is 0.881. The van der Waals surface area contributed by atoms with Crippen LogP contribution in [0.15, 0.2) is 60.7 Å². The molecule has 0 saturated carbocycles. The Morgan fingerprint density at radius 1 is 1.00 bits per heavy atom. The summed E-state index contributed by atoms with van der Waals surface area (Å²) in [4.78, 5) is 14.3. The van der Waals surface area contributed by atoms with Gasteiger partial charge in [-0.15, -0.1) is 0 Å². The smallest absolute Gasteiger partial charge is 0.335 e. The first kappa shape index (κ1) is 17.0. The van der Waals surface area contributed by atoms with Gasteiger partial charge < -0.3 is 10.0 Å². The monoisotopic (exact) mass is 387 g/mol. The van der Waals surface area contributed by atoms with Crippen LogP contribution < -0.4 is 4.90 Å². The van der Waals surface area contributed by atoms with E-state index in [2.05, 4.69) is 29.2 Å². The molecule has 0 spiro atoms. The molecular weight excluding hydrogens is 365 g/mol. The number of carbonyl (C=O) groups is 1. The SMILES string of the molecule is O=C(O)c1cc2c3c(c1)C1C=CCC1C(c1ccccc1F)N3CC1CC=CC21. The Morgan fingerprint density at radius 3 is 2.52 bits per heavy atom. The molecule has 0 saturated heterocycles. The standard InChI is InChI=1S/C25H22FNO2/c26-22-10-2-1-6-19(22)23-18-9-4-8-17(18)21-12-15(25(28)29)11-20-16-7-3-5-14(16)13-27(23)24(20)21/h1-4,6-8,10-12,14,16-18,23H,5,9,13H2,(H,28,29). The first-order valence-electron chi connectivity index (χ1n) is 10.4. The van der Waals surface area contributed by atoms with E-state index in [1.54, 1.807) is 12.1 Å². The second-order valence-electron chi connectivity index (χ2n) is 8.73. The Labute approximate surface area is 169 Å². The minimum absolute atomic E-state index is 0.0281. The lowest BCUT2D eigenvalue weighted by Gasteiger charge is -2.51. The van der Waals surface area contributed by atoms with E-state index in [0.717, 1.165) is 41.8 Å². The largest absolute Gasteiger partial charge is 0.478 e. The number of hydrogen-bond donors (Lipinski definition) is 1. The van der Waals surface area contributed by atoms with Gasteiger partial charge >= 0.3 is 5.97 Å². The molecule has 0 aromatic heterocycles. The van der Waals surface area contributed by atoms with E-state index in [1.165, 1.54) is 0 Å². The normalized spacial score (nSPS) is 30.8. The van der Waals surface area contributed by atoms with Crippen molar-refractivity contribution in [3.63, 3.8) is 0 Å². The summed E-state index contributed by atoms with van der Waals surface area (Å²) >= 11 is 0. The van der Waals surface area contributed by atoms with Crippen LogP contribution in [0.5, 0.6) is 0 Å². The quantitative estimate of drug-likeness (QED) is 0.700. The molecule has 0 fully saturated rings. The summed E-state index contributed by atoms with van der Waals surface area (Å²) in [5.41, 5.74) is 4.47. The van der Waals surface area contributed by atoms with E-state index in [-0.39, 0.29) is 29.6 Å². The van der Waals surface area contributed by atoms with Crippen molar-refractivity contribution >= 4 is 11.7 Å². The number of fused-ring (bicyclic) bond motifs is 4. The highest BCUT2D eigenvalue weighted by atomic mass is 19.1. The maximum Gasteiger partial charge on any atom is 0.335 e. The number of rotatable bonds is 2. The molecule has 29 heavy (non-hydrogen) atoms. The predicted molar refractivity (Wildman–Crippen MR) is 110 cm³/mol. The third kappa shape index (κ3) is 2.32. The molecule has 2 aromatic carbocycles. The summed E-state index contributed by atoms with van der Waals surface area (Å²) in [6.07, 6.45) is 10.7. The maximum absolute atomic E-state index is 14.9. The first-order valence-corrected chi connectivity index (χ1v) is 10.4. The fraction of sp³-hybridized carbons (Fsp3) is 0.320. The highest BCUT2D eigenvalue weighted by Crippen LogP contribution is 2.59. The van der Waals surface area contributed by atoms with E-state index in [4.69, 9.17) is 0 Å². The van der Waals surface area contributed by atoms with Gasteiger partial charge in [0.05, 0.1) is 11.6 Å². The average molecular weight is 387 g/mol. The number of anilines is 1. The summed E-state index contributed by atoms with van der Waals surface area (Å²) in [5.74, 6) is -0.00781. The molecule has 2 aromatic rings. The van der Waals surface area contributed by atoms with E-state index < -0.39 is 5.97 Å². The number of allylic oxidation sites excluding steroid dienone is 4. The van der Waals surface area contributed by atoms with E-state index >= 15 is 0 Å². The number of carboxylic acid groups (broad SMARTS) is 1. The van der Waals surface area contributed by atoms with Crippen molar-refractivity contribution in [1.29, 1.82) is 0 Å². The molecule has 0 amide bonds. The van der Waals surface area contributed by atoms with Crippen molar-refractivity contribution in [3.05, 3.63) is 88.8 Å². The lowest BCUT2D eigenvalue weighted by atomic mass is 9.70. The molecule has 4 heteroatoms. The Hall–Kier alpha value is -2.88. The topological polar surface area (TPSA) is 40.5 Å². The second-order valence-corrected chi connectivity index (χ2v) is 8.73. The van der Waals surface area contributed by atoms with Crippen LogP contribution in [0, 0.1) is 17.7 Å². The molecule has 2 heterocycles. The van der Waals surface area contributed by atoms with Crippen molar-refractivity contribution in [1.82, 2.24) is 0 Å². The molecule has 3 nitrogen and oxygen atoms in total. The Bertz CT molecular complexity index is 1070. The highest BCUT2D eigenvalue weighted by molar-refractivity contribution is 5.90. The average Bonchev–Trinajstić information content (AvgIpc) is 3.38. The second kappa shape index (κ2) is 6.06. The van der Waals surface area contributed by atoms with Gasteiger partial charge in [-0.3, -0.25) is 0 Å². The van der Waals surface area contributed by atoms with Crippen LogP contribution in [0.3, 0.4) is 0 Å². The van der Waals surface area contributed by atoms with Crippen molar-refractivity contribution in [2.45, 2.75) is 30.7 Å². The van der Waals surface area contributed by atoms with Gasteiger partial charge in [0, 0.05) is 29.6 Å². The van der Waals surface area contributed by atoms with Gasteiger partial charge in [-0.05, 0) is 54.0 Å². The van der Waals surface area contributed by atoms with Crippen LogP contribution >= 0.6 is 0 Å². The zero-order chi connectivity index (χ0) is 19.7. The summed E-state index contributed by atoms with van der Waals surface area (Å²) in [6, 6.07) is 10.8. The summed E-state index contributed by atoms with van der Waals surface area (Å²) in [7, 11) is 0. The molecule has 2 aliphatic heterocycles. The molecular formula is C25H22FNO2. The van der Waals surface area contributed by atoms with Gasteiger partial charge in [0.2, 0.25) is 0 Å². The Balaban J connectivity index is 1.62. The van der Waals surface area contributed by atoms with Crippen LogP contribution in [0.1, 0.15) is 57.8 Å². The number of carboxylic acids is 1. The fourth-order valence-corrected chi connectivity index (χ4v) is 6.17. The van der Waals surface area contributed by atoms with E-state index in [9.17, 15) is 14.3 Å². The minimum Gasteiger partial charge on any atom is -0.478 e. The van der Waals surface area contributed by atoms with Crippen LogP contribution in [0.25, 0.3) is 0 Å². The summed E-state index contributed by atoms with van der Waals surface area (Å²) < 4.78 is 14.9. The van der Waals surface area contributed by atoms with E-state index in [0.29, 0.717) is 11.5 Å². The molecule has 0 radical (unpaired) electrons. The lowest BCUT2D eigenvalue weighted by molar-refractivity contribution is 0.0696. The van der Waals surface area contributed by atoms with Gasteiger partial charge in [-0.2, -0.15) is 0 Å². The number of halogens is 1. The van der Waals surface area contributed by atoms with E-state index in [1.807, 2.05) is 24.3 Å². The number of aromatic carboxylic acids is 1. The molecule has 4 aliphatic rings. The minimum atomic E-state index is -0.880. The Kier molecular flexibility index (Phi) is 3.55. The number of nitrogens with zero attached hydrogens (tertiary/aromatic N) is 1. The number of benzene rings is 2. The third-order valence-electron chi connectivity index (χ3n) is 7.32. The van der Waals surface area contributed by atoms with Crippen molar-refractivity contribution in [2.24, 2.45) is 11.8 Å². The third-order valence-corrected chi connectivity index (χ3v) is 7.32. The molecule has 1 N–H and O–H groups in total. The molecule has 5 unspecified atom stereocenters. The molecule has 5 atom stereocenters. The van der Waals surface area contributed by atoms with Crippen molar-refractivity contribution < 1.29 is 14.3 Å². The van der Waals surface area contributed by atoms with Crippen LogP contribution in [-0.2, 0) is 0 Å². The van der Waals surface area contributed by atoms with Crippen molar-refractivity contribution in [3.8, 4) is 0 Å². The highest BCUT2D eigenvalue weighted by Gasteiger charge is 2.48. The van der Waals surface area contributed by atoms with Crippen LogP contribution in [0.2, 0.25) is 0 Å². The zero-order valence-corrected chi connectivity index (χ0v) is 16.0. The van der Waals surface area contributed by atoms with Crippen LogP contribution in [-0.4, -0.2) is 17.6 Å². The van der Waals surface area contributed by atoms with Gasteiger partial charge in [0.1, 0.15) is 5.82 Å². The molecule has 146 valence electrons. The van der Waals surface area contributed by atoms with Crippen molar-refractivity contribution in [2.75, 3.05) is 11.4 Å². The zero-order valence-electron chi connectivity index (χ0n) is 16.0. The maximum atomic E-state index is 14.9. The summed E-state index contributed by atoms with van der Waals surface area (Å²) in [5, 5.41) is 9.74. The Morgan fingerprint density at radius 2 is 1.72 bits per heavy atom. The predicted octanol–water partition coefficient (Wildman–Crippen LogP) is 5.42. The van der Waals surface area contributed by atoms with Crippen LogP contribution in [0.4, 0.5) is 10.1 Å². The number of hydrogen-bond acceptors (Lipinski definition) is 2.